The molecule has 0 saturated carbocycles. The van der Waals surface area contributed by atoms with Crippen molar-refractivity contribution in [2.24, 2.45) is 0 Å². The maximum Gasteiger partial charge on any atom is 0.488 e. The first-order chi connectivity index (χ1) is 8.06. The standard InChI is InChI=1S/C14H15BO2/c1-10-6-11(2)8-13(7-10)12-4-3-5-14(9-12)15(16)17/h3-9,16-17H,1-2H3. The molecule has 0 atom stereocenters. The molecule has 0 aliphatic heterocycles. The Kier molecular flexibility index (Phi) is 3.32. The summed E-state index contributed by atoms with van der Waals surface area (Å²) in [4.78, 5) is 0. The van der Waals surface area contributed by atoms with E-state index in [2.05, 4.69) is 32.0 Å². The van der Waals surface area contributed by atoms with Crippen LogP contribution in [-0.2, 0) is 0 Å². The van der Waals surface area contributed by atoms with E-state index in [-0.39, 0.29) is 0 Å². The summed E-state index contributed by atoms with van der Waals surface area (Å²) in [5.41, 5.74) is 5.03. The number of aryl methyl sites for hydroxylation is 2. The fraction of sp³-hybridized carbons (Fsp3) is 0.143. The first-order valence-corrected chi connectivity index (χ1v) is 5.61. The SMILES string of the molecule is Cc1cc(C)cc(-c2cccc(B(O)O)c2)c1. The highest BCUT2D eigenvalue weighted by Crippen LogP contribution is 2.21. The van der Waals surface area contributed by atoms with E-state index >= 15 is 0 Å². The Bertz CT molecular complexity index is 515. The Morgan fingerprint density at radius 1 is 0.824 bits per heavy atom. The van der Waals surface area contributed by atoms with Crippen molar-refractivity contribution in [2.75, 3.05) is 0 Å². The maximum atomic E-state index is 9.16. The van der Waals surface area contributed by atoms with Crippen LogP contribution in [0.4, 0.5) is 0 Å². The molecular weight excluding hydrogens is 211 g/mol. The van der Waals surface area contributed by atoms with Gasteiger partial charge < -0.3 is 10.0 Å². The molecule has 2 nitrogen and oxygen atoms in total. The second-order valence-electron chi connectivity index (χ2n) is 4.38. The van der Waals surface area contributed by atoms with Crippen LogP contribution in [0.25, 0.3) is 11.1 Å². The summed E-state index contributed by atoms with van der Waals surface area (Å²) in [5, 5.41) is 18.3. The van der Waals surface area contributed by atoms with Gasteiger partial charge in [0.05, 0.1) is 0 Å². The molecule has 2 rings (SSSR count). The lowest BCUT2D eigenvalue weighted by molar-refractivity contribution is 0.426. The van der Waals surface area contributed by atoms with E-state index in [1.165, 1.54) is 11.1 Å². The molecule has 0 radical (unpaired) electrons. The Balaban J connectivity index is 2.49. The van der Waals surface area contributed by atoms with E-state index in [4.69, 9.17) is 10.0 Å². The van der Waals surface area contributed by atoms with Crippen LogP contribution in [0, 0.1) is 13.8 Å². The van der Waals surface area contributed by atoms with Crippen LogP contribution in [0.15, 0.2) is 42.5 Å². The second kappa shape index (κ2) is 4.74. The van der Waals surface area contributed by atoms with Crippen LogP contribution in [0.3, 0.4) is 0 Å². The summed E-state index contributed by atoms with van der Waals surface area (Å²) in [6, 6.07) is 13.6. The fourth-order valence-electron chi connectivity index (χ4n) is 2.02. The normalized spacial score (nSPS) is 10.4. The monoisotopic (exact) mass is 226 g/mol. The molecule has 0 saturated heterocycles. The Labute approximate surface area is 102 Å². The molecule has 0 heterocycles. The zero-order valence-electron chi connectivity index (χ0n) is 10.0. The maximum absolute atomic E-state index is 9.16. The molecule has 2 aromatic carbocycles. The third kappa shape index (κ3) is 2.76. The minimum atomic E-state index is -1.42. The number of rotatable bonds is 2. The van der Waals surface area contributed by atoms with Gasteiger partial charge in [-0.25, -0.2) is 0 Å². The third-order valence-electron chi connectivity index (χ3n) is 2.74. The van der Waals surface area contributed by atoms with Crippen molar-refractivity contribution in [1.82, 2.24) is 0 Å². The minimum absolute atomic E-state index is 0.515. The molecule has 86 valence electrons. The van der Waals surface area contributed by atoms with Gasteiger partial charge in [0.25, 0.3) is 0 Å². The molecular formula is C14H15BO2. The van der Waals surface area contributed by atoms with Crippen molar-refractivity contribution in [3.63, 3.8) is 0 Å². The summed E-state index contributed by atoms with van der Waals surface area (Å²) in [6.45, 7) is 4.11. The Hall–Kier alpha value is -1.58. The minimum Gasteiger partial charge on any atom is -0.423 e. The van der Waals surface area contributed by atoms with Crippen molar-refractivity contribution >= 4 is 12.6 Å². The van der Waals surface area contributed by atoms with Crippen molar-refractivity contribution in [3.8, 4) is 11.1 Å². The van der Waals surface area contributed by atoms with Crippen molar-refractivity contribution in [3.05, 3.63) is 53.6 Å². The summed E-state index contributed by atoms with van der Waals surface area (Å²) < 4.78 is 0. The van der Waals surface area contributed by atoms with Crippen LogP contribution in [-0.4, -0.2) is 17.2 Å². The zero-order chi connectivity index (χ0) is 12.4. The van der Waals surface area contributed by atoms with Gasteiger partial charge in [-0.3, -0.25) is 0 Å². The molecule has 0 bridgehead atoms. The molecule has 2 N–H and O–H groups in total. The van der Waals surface area contributed by atoms with Crippen LogP contribution < -0.4 is 5.46 Å². The molecule has 0 aromatic heterocycles. The average Bonchev–Trinajstić information content (AvgIpc) is 2.28. The summed E-state index contributed by atoms with van der Waals surface area (Å²) in [5.74, 6) is 0. The highest BCUT2D eigenvalue weighted by Gasteiger charge is 2.11. The predicted octanol–water partition coefficient (Wildman–Crippen LogP) is 1.65. The van der Waals surface area contributed by atoms with Gasteiger partial charge in [-0.2, -0.15) is 0 Å². The molecule has 2 aromatic rings. The molecule has 0 unspecified atom stereocenters. The van der Waals surface area contributed by atoms with Gasteiger partial charge >= 0.3 is 7.12 Å². The average molecular weight is 226 g/mol. The topological polar surface area (TPSA) is 40.5 Å². The highest BCUT2D eigenvalue weighted by molar-refractivity contribution is 6.58. The number of hydrogen-bond acceptors (Lipinski definition) is 2. The van der Waals surface area contributed by atoms with E-state index < -0.39 is 7.12 Å². The molecule has 0 aliphatic carbocycles. The van der Waals surface area contributed by atoms with E-state index in [9.17, 15) is 0 Å². The van der Waals surface area contributed by atoms with Gasteiger partial charge in [0.2, 0.25) is 0 Å². The lowest BCUT2D eigenvalue weighted by Gasteiger charge is -2.07. The number of benzene rings is 2. The number of hydrogen-bond donors (Lipinski definition) is 2. The van der Waals surface area contributed by atoms with Crippen LogP contribution >= 0.6 is 0 Å². The predicted molar refractivity (Wildman–Crippen MR) is 71.2 cm³/mol. The fourth-order valence-corrected chi connectivity index (χ4v) is 2.02. The van der Waals surface area contributed by atoms with E-state index in [1.54, 1.807) is 12.1 Å². The second-order valence-corrected chi connectivity index (χ2v) is 4.38. The molecule has 17 heavy (non-hydrogen) atoms. The molecule has 0 fully saturated rings. The van der Waals surface area contributed by atoms with Crippen molar-refractivity contribution in [2.45, 2.75) is 13.8 Å². The Morgan fingerprint density at radius 3 is 2.06 bits per heavy atom. The molecule has 0 spiro atoms. The smallest absolute Gasteiger partial charge is 0.423 e. The molecule has 0 amide bonds. The summed E-state index contributed by atoms with van der Waals surface area (Å²) in [7, 11) is -1.42. The summed E-state index contributed by atoms with van der Waals surface area (Å²) >= 11 is 0. The third-order valence-corrected chi connectivity index (χ3v) is 2.74. The quantitative estimate of drug-likeness (QED) is 0.764. The van der Waals surface area contributed by atoms with Gasteiger partial charge in [0, 0.05) is 0 Å². The van der Waals surface area contributed by atoms with Crippen LogP contribution in [0.2, 0.25) is 0 Å². The van der Waals surface area contributed by atoms with Crippen molar-refractivity contribution < 1.29 is 10.0 Å². The van der Waals surface area contributed by atoms with Crippen molar-refractivity contribution in [1.29, 1.82) is 0 Å². The van der Waals surface area contributed by atoms with Gasteiger partial charge in [0.15, 0.2) is 0 Å². The van der Waals surface area contributed by atoms with Crippen LogP contribution in [0.1, 0.15) is 11.1 Å². The Morgan fingerprint density at radius 2 is 1.47 bits per heavy atom. The van der Waals surface area contributed by atoms with E-state index in [0.717, 1.165) is 11.1 Å². The highest BCUT2D eigenvalue weighted by atomic mass is 16.4. The van der Waals surface area contributed by atoms with Gasteiger partial charge in [0.1, 0.15) is 0 Å². The summed E-state index contributed by atoms with van der Waals surface area (Å²) in [6.07, 6.45) is 0. The van der Waals surface area contributed by atoms with E-state index in [0.29, 0.717) is 5.46 Å². The van der Waals surface area contributed by atoms with Crippen LogP contribution in [0.5, 0.6) is 0 Å². The van der Waals surface area contributed by atoms with Gasteiger partial charge in [-0.05, 0) is 30.4 Å². The molecule has 3 heteroatoms. The lowest BCUT2D eigenvalue weighted by atomic mass is 9.79. The van der Waals surface area contributed by atoms with Gasteiger partial charge in [-0.1, -0.05) is 53.6 Å². The zero-order valence-corrected chi connectivity index (χ0v) is 10.0. The van der Waals surface area contributed by atoms with E-state index in [1.807, 2.05) is 12.1 Å². The first-order valence-electron chi connectivity index (χ1n) is 5.61. The largest absolute Gasteiger partial charge is 0.488 e. The molecule has 0 aliphatic rings. The van der Waals surface area contributed by atoms with Gasteiger partial charge in [-0.15, -0.1) is 0 Å². The lowest BCUT2D eigenvalue weighted by Crippen LogP contribution is -2.29. The first kappa shape index (κ1) is 11.9.